The van der Waals surface area contributed by atoms with Gasteiger partial charge in [0.05, 0.1) is 7.11 Å². The van der Waals surface area contributed by atoms with E-state index in [-0.39, 0.29) is 6.03 Å². The topological polar surface area (TPSA) is 94.0 Å². The van der Waals surface area contributed by atoms with Crippen molar-refractivity contribution in [2.45, 2.75) is 33.1 Å². The van der Waals surface area contributed by atoms with Gasteiger partial charge in [0.2, 0.25) is 0 Å². The highest BCUT2D eigenvalue weighted by Gasteiger charge is 2.12. The van der Waals surface area contributed by atoms with E-state index in [0.717, 1.165) is 19.3 Å². The molecule has 2 aromatic rings. The van der Waals surface area contributed by atoms with Crippen molar-refractivity contribution >= 4 is 11.7 Å². The first-order chi connectivity index (χ1) is 11.2. The molecule has 23 heavy (non-hydrogen) atoms. The molecule has 2 rings (SSSR count). The molecule has 0 spiro atoms. The molecule has 124 valence electrons. The zero-order valence-electron chi connectivity index (χ0n) is 13.7. The van der Waals surface area contributed by atoms with Crippen molar-refractivity contribution in [1.82, 2.24) is 25.5 Å². The van der Waals surface area contributed by atoms with Crippen LogP contribution in [0.1, 0.15) is 32.0 Å². The Bertz CT molecular complexity index is 655. The van der Waals surface area contributed by atoms with Gasteiger partial charge < -0.3 is 15.4 Å². The number of carbonyl (C=O) groups is 1. The number of amides is 2. The molecule has 0 aliphatic carbocycles. The smallest absolute Gasteiger partial charge is 0.319 e. The Morgan fingerprint density at radius 1 is 1.35 bits per heavy atom. The molecule has 2 N–H and O–H groups in total. The van der Waals surface area contributed by atoms with Crippen molar-refractivity contribution in [2.75, 3.05) is 19.0 Å². The van der Waals surface area contributed by atoms with Gasteiger partial charge in [-0.2, -0.15) is 4.68 Å². The van der Waals surface area contributed by atoms with Crippen molar-refractivity contribution in [2.24, 2.45) is 0 Å². The molecule has 0 unspecified atom stereocenters. The Kier molecular flexibility index (Phi) is 5.90. The van der Waals surface area contributed by atoms with E-state index in [9.17, 15) is 4.79 Å². The summed E-state index contributed by atoms with van der Waals surface area (Å²) in [4.78, 5) is 11.9. The number of anilines is 1. The second kappa shape index (κ2) is 8.11. The van der Waals surface area contributed by atoms with E-state index in [2.05, 4.69) is 33.1 Å². The van der Waals surface area contributed by atoms with Crippen molar-refractivity contribution in [3.05, 3.63) is 24.0 Å². The number of tetrazole rings is 1. The molecule has 0 bridgehead atoms. The lowest BCUT2D eigenvalue weighted by atomic mass is 10.2. The number of unbranched alkanes of at least 4 members (excludes halogenated alkanes) is 2. The van der Waals surface area contributed by atoms with E-state index in [1.807, 2.05) is 0 Å². The Morgan fingerprint density at radius 2 is 2.17 bits per heavy atom. The molecule has 0 saturated heterocycles. The molecule has 0 radical (unpaired) electrons. The number of benzene rings is 1. The maximum Gasteiger partial charge on any atom is 0.319 e. The van der Waals surface area contributed by atoms with Crippen LogP contribution in [0.3, 0.4) is 0 Å². The summed E-state index contributed by atoms with van der Waals surface area (Å²) in [7, 11) is 1.58. The average Bonchev–Trinajstić information content (AvgIpc) is 2.97. The zero-order valence-corrected chi connectivity index (χ0v) is 13.7. The Balaban J connectivity index is 2.09. The molecule has 8 heteroatoms. The number of urea groups is 1. The molecule has 0 aliphatic rings. The lowest BCUT2D eigenvalue weighted by Crippen LogP contribution is -2.29. The summed E-state index contributed by atoms with van der Waals surface area (Å²) in [5, 5.41) is 17.1. The van der Waals surface area contributed by atoms with Crippen molar-refractivity contribution in [3.63, 3.8) is 0 Å². The highest BCUT2D eigenvalue weighted by Crippen LogP contribution is 2.26. The van der Waals surface area contributed by atoms with Crippen LogP contribution in [0, 0.1) is 6.92 Å². The van der Waals surface area contributed by atoms with E-state index < -0.39 is 0 Å². The number of aromatic nitrogens is 4. The quantitative estimate of drug-likeness (QED) is 0.764. The SMILES string of the molecule is CCCCCNC(=O)Nc1ccc(OC)c(-n2nnnc2C)c1. The van der Waals surface area contributed by atoms with Crippen LogP contribution in [0.15, 0.2) is 18.2 Å². The summed E-state index contributed by atoms with van der Waals surface area (Å²) in [6, 6.07) is 5.08. The molecular weight excluding hydrogens is 296 g/mol. The lowest BCUT2D eigenvalue weighted by Gasteiger charge is -2.12. The summed E-state index contributed by atoms with van der Waals surface area (Å²) in [6.07, 6.45) is 3.20. The number of methoxy groups -OCH3 is 1. The molecular formula is C15H22N6O2. The van der Waals surface area contributed by atoms with Crippen LogP contribution in [0.4, 0.5) is 10.5 Å². The third kappa shape index (κ3) is 4.41. The van der Waals surface area contributed by atoms with E-state index in [1.165, 1.54) is 0 Å². The Hall–Kier alpha value is -2.64. The first kappa shape index (κ1) is 16.7. The van der Waals surface area contributed by atoms with Crippen molar-refractivity contribution in [3.8, 4) is 11.4 Å². The number of hydrogen-bond donors (Lipinski definition) is 2. The van der Waals surface area contributed by atoms with E-state index in [0.29, 0.717) is 29.5 Å². The standard InChI is InChI=1S/C15H22N6O2/c1-4-5-6-9-16-15(22)17-12-7-8-14(23-3)13(10-12)21-11(2)18-19-20-21/h7-8,10H,4-6,9H2,1-3H3,(H2,16,17,22). The molecule has 8 nitrogen and oxygen atoms in total. The fraction of sp³-hybridized carbons (Fsp3) is 0.467. The molecule has 1 aromatic heterocycles. The zero-order chi connectivity index (χ0) is 16.7. The minimum atomic E-state index is -0.231. The second-order valence-corrected chi connectivity index (χ2v) is 5.11. The van der Waals surface area contributed by atoms with Gasteiger partial charge in [-0.1, -0.05) is 19.8 Å². The molecule has 2 amide bonds. The summed E-state index contributed by atoms with van der Waals surface area (Å²) in [6.45, 7) is 4.58. The average molecular weight is 318 g/mol. The number of carbonyl (C=O) groups excluding carboxylic acids is 1. The van der Waals surface area contributed by atoms with Crippen LogP contribution in [-0.4, -0.2) is 39.9 Å². The van der Waals surface area contributed by atoms with Crippen LogP contribution in [-0.2, 0) is 0 Å². The Morgan fingerprint density at radius 3 is 2.83 bits per heavy atom. The summed E-state index contributed by atoms with van der Waals surface area (Å²) in [5.74, 6) is 1.25. The summed E-state index contributed by atoms with van der Waals surface area (Å²) in [5.41, 5.74) is 1.31. The molecule has 0 aliphatic heterocycles. The first-order valence-corrected chi connectivity index (χ1v) is 7.64. The fourth-order valence-electron chi connectivity index (χ4n) is 2.14. The number of rotatable bonds is 7. The highest BCUT2D eigenvalue weighted by atomic mass is 16.5. The van der Waals surface area contributed by atoms with Gasteiger partial charge in [-0.05, 0) is 42.0 Å². The molecule has 0 atom stereocenters. The molecule has 1 heterocycles. The van der Waals surface area contributed by atoms with Gasteiger partial charge in [-0.15, -0.1) is 5.10 Å². The van der Waals surface area contributed by atoms with Crippen LogP contribution in [0.5, 0.6) is 5.75 Å². The van der Waals surface area contributed by atoms with Gasteiger partial charge in [0.25, 0.3) is 0 Å². The summed E-state index contributed by atoms with van der Waals surface area (Å²) < 4.78 is 6.89. The van der Waals surface area contributed by atoms with Crippen LogP contribution in [0.2, 0.25) is 0 Å². The van der Waals surface area contributed by atoms with Crippen LogP contribution >= 0.6 is 0 Å². The lowest BCUT2D eigenvalue weighted by molar-refractivity contribution is 0.252. The van der Waals surface area contributed by atoms with Gasteiger partial charge in [-0.3, -0.25) is 0 Å². The minimum Gasteiger partial charge on any atom is -0.494 e. The number of nitrogens with zero attached hydrogens (tertiary/aromatic N) is 4. The monoisotopic (exact) mass is 318 g/mol. The predicted octanol–water partition coefficient (Wildman–Crippen LogP) is 2.29. The predicted molar refractivity (Wildman–Crippen MR) is 87.0 cm³/mol. The number of nitrogens with one attached hydrogen (secondary N) is 2. The van der Waals surface area contributed by atoms with Gasteiger partial charge in [0.1, 0.15) is 11.4 Å². The highest BCUT2D eigenvalue weighted by molar-refractivity contribution is 5.89. The summed E-state index contributed by atoms with van der Waals surface area (Å²) >= 11 is 0. The van der Waals surface area contributed by atoms with Gasteiger partial charge in [0, 0.05) is 12.2 Å². The first-order valence-electron chi connectivity index (χ1n) is 7.64. The van der Waals surface area contributed by atoms with Crippen LogP contribution in [0.25, 0.3) is 5.69 Å². The van der Waals surface area contributed by atoms with Crippen molar-refractivity contribution in [1.29, 1.82) is 0 Å². The van der Waals surface area contributed by atoms with Crippen molar-refractivity contribution < 1.29 is 9.53 Å². The molecule has 0 saturated carbocycles. The largest absolute Gasteiger partial charge is 0.494 e. The number of aryl methyl sites for hydroxylation is 1. The third-order valence-corrected chi connectivity index (χ3v) is 3.36. The molecule has 0 fully saturated rings. The normalized spacial score (nSPS) is 10.4. The fourth-order valence-corrected chi connectivity index (χ4v) is 2.14. The maximum absolute atomic E-state index is 11.9. The number of ether oxygens (including phenoxy) is 1. The van der Waals surface area contributed by atoms with E-state index in [1.54, 1.807) is 36.9 Å². The van der Waals surface area contributed by atoms with Gasteiger partial charge in [-0.25, -0.2) is 4.79 Å². The van der Waals surface area contributed by atoms with E-state index in [4.69, 9.17) is 4.74 Å². The third-order valence-electron chi connectivity index (χ3n) is 3.36. The van der Waals surface area contributed by atoms with Gasteiger partial charge >= 0.3 is 6.03 Å². The molecule has 1 aromatic carbocycles. The maximum atomic E-state index is 11.9. The second-order valence-electron chi connectivity index (χ2n) is 5.11. The minimum absolute atomic E-state index is 0.231. The Labute approximate surface area is 135 Å². The van der Waals surface area contributed by atoms with Gasteiger partial charge in [0.15, 0.2) is 5.82 Å². The van der Waals surface area contributed by atoms with Crippen LogP contribution < -0.4 is 15.4 Å². The number of hydrogen-bond acceptors (Lipinski definition) is 5. The van der Waals surface area contributed by atoms with E-state index >= 15 is 0 Å².